The van der Waals surface area contributed by atoms with Gasteiger partial charge in [-0.25, -0.2) is 13.6 Å². The fraction of sp³-hybridized carbons (Fsp3) is 0.200. The van der Waals surface area contributed by atoms with Gasteiger partial charge in [0, 0.05) is 24.5 Å². The zero-order valence-corrected chi connectivity index (χ0v) is 17.4. The van der Waals surface area contributed by atoms with Crippen molar-refractivity contribution in [2.45, 2.75) is 12.8 Å². The van der Waals surface area contributed by atoms with Crippen LogP contribution in [0.25, 0.3) is 0 Å². The normalized spacial score (nSPS) is 14.9. The molecule has 5 nitrogen and oxygen atoms in total. The Kier molecular flexibility index (Phi) is 6.44. The van der Waals surface area contributed by atoms with E-state index in [0.717, 1.165) is 16.8 Å². The molecule has 2 N–H and O–H groups in total. The maximum atomic E-state index is 13.2. The average Bonchev–Trinajstić information content (AvgIpc) is 2.79. The van der Waals surface area contributed by atoms with Crippen molar-refractivity contribution < 1.29 is 18.4 Å². The Balaban J connectivity index is 1.49. The van der Waals surface area contributed by atoms with E-state index in [1.54, 1.807) is 17.0 Å². The van der Waals surface area contributed by atoms with Gasteiger partial charge in [0.1, 0.15) is 11.6 Å². The van der Waals surface area contributed by atoms with Crippen molar-refractivity contribution in [2.75, 3.05) is 23.7 Å². The lowest BCUT2D eigenvalue weighted by Crippen LogP contribution is -2.44. The zero-order chi connectivity index (χ0) is 22.5. The van der Waals surface area contributed by atoms with Crippen LogP contribution in [0.15, 0.2) is 72.8 Å². The van der Waals surface area contributed by atoms with Crippen LogP contribution in [-0.4, -0.2) is 29.9 Å². The minimum absolute atomic E-state index is 0.134. The standard InChI is InChI=1S/C25H23F2N3O2/c26-20-7-5-17(6-8-20)13-14-30(25(32)28-22-11-9-21(27)10-12-22)16-19-15-18-3-1-2-4-23(18)29-24(19)31/h1-12,19H,13-16H2,(H,28,32)(H,29,31). The van der Waals surface area contributed by atoms with E-state index in [0.29, 0.717) is 25.1 Å². The van der Waals surface area contributed by atoms with Crippen LogP contribution < -0.4 is 10.6 Å². The van der Waals surface area contributed by atoms with Gasteiger partial charge in [0.05, 0.1) is 5.92 Å². The second-order valence-corrected chi connectivity index (χ2v) is 7.81. The molecule has 0 spiro atoms. The highest BCUT2D eigenvalue weighted by Crippen LogP contribution is 2.26. The number of urea groups is 1. The van der Waals surface area contributed by atoms with Crippen LogP contribution >= 0.6 is 0 Å². The molecule has 1 aliphatic heterocycles. The van der Waals surface area contributed by atoms with Crippen molar-refractivity contribution in [1.29, 1.82) is 0 Å². The van der Waals surface area contributed by atoms with E-state index in [9.17, 15) is 18.4 Å². The maximum absolute atomic E-state index is 13.2. The molecule has 1 atom stereocenters. The second kappa shape index (κ2) is 9.60. The third kappa shape index (κ3) is 5.29. The van der Waals surface area contributed by atoms with Gasteiger partial charge in [0.25, 0.3) is 0 Å². The molecule has 1 aliphatic rings. The van der Waals surface area contributed by atoms with E-state index in [1.807, 2.05) is 24.3 Å². The van der Waals surface area contributed by atoms with Crippen LogP contribution in [0.3, 0.4) is 0 Å². The first-order chi connectivity index (χ1) is 15.5. The molecule has 3 aromatic rings. The van der Waals surface area contributed by atoms with Crippen LogP contribution in [0.1, 0.15) is 11.1 Å². The number of benzene rings is 3. The van der Waals surface area contributed by atoms with E-state index in [1.165, 1.54) is 36.4 Å². The number of hydrogen-bond acceptors (Lipinski definition) is 2. The lowest BCUT2D eigenvalue weighted by atomic mass is 9.92. The molecular weight excluding hydrogens is 412 g/mol. The highest BCUT2D eigenvalue weighted by atomic mass is 19.1. The van der Waals surface area contributed by atoms with E-state index in [2.05, 4.69) is 10.6 Å². The van der Waals surface area contributed by atoms with Crippen molar-refractivity contribution in [1.82, 2.24) is 4.90 Å². The summed E-state index contributed by atoms with van der Waals surface area (Å²) in [5, 5.41) is 5.68. The van der Waals surface area contributed by atoms with E-state index < -0.39 is 11.7 Å². The largest absolute Gasteiger partial charge is 0.326 e. The molecule has 1 heterocycles. The maximum Gasteiger partial charge on any atom is 0.321 e. The van der Waals surface area contributed by atoms with Crippen LogP contribution in [0, 0.1) is 17.6 Å². The van der Waals surface area contributed by atoms with Crippen molar-refractivity contribution in [3.05, 3.63) is 95.6 Å². The molecule has 0 aromatic heterocycles. The molecule has 0 saturated carbocycles. The fourth-order valence-corrected chi connectivity index (χ4v) is 3.75. The number of nitrogens with zero attached hydrogens (tertiary/aromatic N) is 1. The Morgan fingerprint density at radius 2 is 1.62 bits per heavy atom. The highest BCUT2D eigenvalue weighted by Gasteiger charge is 2.29. The Morgan fingerprint density at radius 3 is 2.34 bits per heavy atom. The quantitative estimate of drug-likeness (QED) is 0.581. The third-order valence-corrected chi connectivity index (χ3v) is 5.52. The molecule has 3 aromatic carbocycles. The molecule has 164 valence electrons. The number of carbonyl (C=O) groups is 2. The van der Waals surface area contributed by atoms with Crippen molar-refractivity contribution in [3.8, 4) is 0 Å². The van der Waals surface area contributed by atoms with Crippen molar-refractivity contribution >= 4 is 23.3 Å². The summed E-state index contributed by atoms with van der Waals surface area (Å²) in [6, 6.07) is 18.8. The Bertz CT molecular complexity index is 1100. The summed E-state index contributed by atoms with van der Waals surface area (Å²) in [6.07, 6.45) is 1.03. The number of carbonyl (C=O) groups excluding carboxylic acids is 2. The smallest absolute Gasteiger partial charge is 0.321 e. The van der Waals surface area contributed by atoms with Crippen LogP contribution in [-0.2, 0) is 17.6 Å². The number of rotatable bonds is 6. The SMILES string of the molecule is O=C1Nc2ccccc2CC1CN(CCc1ccc(F)cc1)C(=O)Nc1ccc(F)cc1. The number of fused-ring (bicyclic) bond motifs is 1. The van der Waals surface area contributed by atoms with Gasteiger partial charge in [0.2, 0.25) is 5.91 Å². The summed E-state index contributed by atoms with van der Waals surface area (Å²) in [7, 11) is 0. The van der Waals surface area contributed by atoms with E-state index >= 15 is 0 Å². The van der Waals surface area contributed by atoms with Crippen LogP contribution in [0.4, 0.5) is 25.0 Å². The summed E-state index contributed by atoms with van der Waals surface area (Å²) in [5.41, 5.74) is 3.16. The fourth-order valence-electron chi connectivity index (χ4n) is 3.75. The average molecular weight is 435 g/mol. The van der Waals surface area contributed by atoms with Gasteiger partial charge in [-0.2, -0.15) is 0 Å². The van der Waals surface area contributed by atoms with Gasteiger partial charge in [-0.15, -0.1) is 0 Å². The third-order valence-electron chi connectivity index (χ3n) is 5.52. The molecular formula is C25H23F2N3O2. The first-order valence-corrected chi connectivity index (χ1v) is 10.4. The Hall–Kier alpha value is -3.74. The summed E-state index contributed by atoms with van der Waals surface area (Å²) in [5.74, 6) is -1.26. The zero-order valence-electron chi connectivity index (χ0n) is 17.4. The summed E-state index contributed by atoms with van der Waals surface area (Å²) in [4.78, 5) is 27.3. The predicted octanol–water partition coefficient (Wildman–Crippen LogP) is 4.85. The number of anilines is 2. The Morgan fingerprint density at radius 1 is 0.969 bits per heavy atom. The predicted molar refractivity (Wildman–Crippen MR) is 119 cm³/mol. The second-order valence-electron chi connectivity index (χ2n) is 7.81. The minimum Gasteiger partial charge on any atom is -0.326 e. The topological polar surface area (TPSA) is 61.4 Å². The number of nitrogens with one attached hydrogen (secondary N) is 2. The van der Waals surface area contributed by atoms with Gasteiger partial charge in [-0.05, 0) is 66.4 Å². The van der Waals surface area contributed by atoms with Gasteiger partial charge in [-0.3, -0.25) is 4.79 Å². The monoisotopic (exact) mass is 435 g/mol. The van der Waals surface area contributed by atoms with Gasteiger partial charge in [0.15, 0.2) is 0 Å². The van der Waals surface area contributed by atoms with Gasteiger partial charge < -0.3 is 15.5 Å². The summed E-state index contributed by atoms with van der Waals surface area (Å²) < 4.78 is 26.4. The van der Waals surface area contributed by atoms with E-state index in [4.69, 9.17) is 0 Å². The number of hydrogen-bond donors (Lipinski definition) is 2. The van der Waals surface area contributed by atoms with Crippen LogP contribution in [0.2, 0.25) is 0 Å². The van der Waals surface area contributed by atoms with Crippen molar-refractivity contribution in [2.24, 2.45) is 5.92 Å². The summed E-state index contributed by atoms with van der Waals surface area (Å²) in [6.45, 7) is 0.554. The number of amides is 3. The lowest BCUT2D eigenvalue weighted by molar-refractivity contribution is -0.120. The highest BCUT2D eigenvalue weighted by molar-refractivity contribution is 5.96. The number of halogens is 2. The molecule has 4 rings (SSSR count). The Labute approximate surface area is 185 Å². The van der Waals surface area contributed by atoms with Crippen LogP contribution in [0.5, 0.6) is 0 Å². The first kappa shape index (κ1) is 21.5. The summed E-state index contributed by atoms with van der Waals surface area (Å²) >= 11 is 0. The molecule has 7 heteroatoms. The molecule has 0 saturated heterocycles. The molecule has 0 fully saturated rings. The van der Waals surface area contributed by atoms with Crippen molar-refractivity contribution in [3.63, 3.8) is 0 Å². The van der Waals surface area contributed by atoms with E-state index in [-0.39, 0.29) is 24.3 Å². The van der Waals surface area contributed by atoms with Gasteiger partial charge in [-0.1, -0.05) is 30.3 Å². The van der Waals surface area contributed by atoms with Gasteiger partial charge >= 0.3 is 6.03 Å². The minimum atomic E-state index is -0.405. The molecule has 0 bridgehead atoms. The number of para-hydroxylation sites is 1. The molecule has 32 heavy (non-hydrogen) atoms. The molecule has 3 amide bonds. The molecule has 1 unspecified atom stereocenters. The molecule has 0 aliphatic carbocycles. The first-order valence-electron chi connectivity index (χ1n) is 10.4. The molecule has 0 radical (unpaired) electrons. The lowest BCUT2D eigenvalue weighted by Gasteiger charge is -2.30.